The Morgan fingerprint density at radius 2 is 1.55 bits per heavy atom. The van der Waals surface area contributed by atoms with Crippen LogP contribution in [-0.4, -0.2) is 76.0 Å². The fourth-order valence-corrected chi connectivity index (χ4v) is 6.50. The molecule has 1 saturated heterocycles. The van der Waals surface area contributed by atoms with E-state index in [1.54, 1.807) is 0 Å². The molecule has 2 N–H and O–H groups in total. The van der Waals surface area contributed by atoms with Gasteiger partial charge in [-0.2, -0.15) is 4.79 Å². The first-order valence-electron chi connectivity index (χ1n) is 13.5. The topological polar surface area (TPSA) is 271 Å². The molecule has 4 rings (SSSR count). The normalized spacial score (nSPS) is 19.0. The Balaban J connectivity index is 1.37. The molecular formula is C27H24N6O13S. The van der Waals surface area contributed by atoms with E-state index in [1.807, 2.05) is 0 Å². The number of carbonyl (C=O) groups excluding carboxylic acids is 3. The molecule has 0 radical (unpaired) electrons. The van der Waals surface area contributed by atoms with Crippen molar-refractivity contribution in [3.05, 3.63) is 96.7 Å². The standard InChI is InChI=1S/C27H24N6O13S/c1-14(46-27(38)45-13-16-4-8-18(9-5-16)33(41)42)20-23(34)31-21(25(35)36)19(22(30-28)47(43)24(20)31)10-11-29-26(37)44-12-15-2-6-17(7-3-15)32(39)40/h2-9,14,20,24H,10-13H2,1H3,(H,29,37)(H,35,36)/t14?,20-,24-,47-/m0/s1. The van der Waals surface area contributed by atoms with Crippen LogP contribution in [0.4, 0.5) is 21.0 Å². The highest BCUT2D eigenvalue weighted by Crippen LogP contribution is 2.42. The van der Waals surface area contributed by atoms with Gasteiger partial charge in [-0.15, -0.1) is 0 Å². The molecule has 1 fully saturated rings. The van der Waals surface area contributed by atoms with Crippen LogP contribution in [0.2, 0.25) is 0 Å². The third kappa shape index (κ3) is 7.45. The second kappa shape index (κ2) is 14.4. The molecule has 20 heteroatoms. The van der Waals surface area contributed by atoms with E-state index in [0.29, 0.717) is 11.1 Å². The minimum Gasteiger partial charge on any atom is -0.477 e. The van der Waals surface area contributed by atoms with Gasteiger partial charge in [-0.1, -0.05) is 0 Å². The third-order valence-corrected chi connectivity index (χ3v) is 8.68. The molecular weight excluding hydrogens is 648 g/mol. The maximum absolute atomic E-state index is 13.4. The quantitative estimate of drug-likeness (QED) is 0.0819. The van der Waals surface area contributed by atoms with E-state index in [1.165, 1.54) is 55.5 Å². The van der Waals surface area contributed by atoms with Crippen molar-refractivity contribution < 1.29 is 57.3 Å². The number of carbonyl (C=O) groups is 4. The highest BCUT2D eigenvalue weighted by molar-refractivity contribution is 8.01. The van der Waals surface area contributed by atoms with E-state index in [9.17, 15) is 54.3 Å². The number of benzene rings is 2. The number of non-ortho nitro benzene ring substituents is 2. The molecule has 0 aliphatic carbocycles. The van der Waals surface area contributed by atoms with E-state index < -0.39 is 72.9 Å². The first-order valence-corrected chi connectivity index (χ1v) is 14.7. The van der Waals surface area contributed by atoms with E-state index in [-0.39, 0.29) is 43.1 Å². The Kier molecular flexibility index (Phi) is 10.4. The molecule has 19 nitrogen and oxygen atoms in total. The fourth-order valence-electron chi connectivity index (χ4n) is 4.74. The molecule has 0 saturated carbocycles. The van der Waals surface area contributed by atoms with Gasteiger partial charge in [0.15, 0.2) is 10.8 Å². The summed E-state index contributed by atoms with van der Waals surface area (Å²) in [5.41, 5.74) is 9.26. The van der Waals surface area contributed by atoms with Crippen molar-refractivity contribution in [2.45, 2.75) is 38.0 Å². The molecule has 0 spiro atoms. The summed E-state index contributed by atoms with van der Waals surface area (Å²) in [6.45, 7) is 0.443. The SMILES string of the molecule is CC(OC(=O)OCc1ccc([N+](=O)[O-])cc1)[C@H]1C(=O)N2C(C(=O)O)=C(CCNC(=O)OCc3ccc([N+](=O)[O-])cc3)C(=[N+]=[N-])[S@](=O)[C@@H]12. The summed E-state index contributed by atoms with van der Waals surface area (Å²) < 4.78 is 28.5. The molecule has 2 aromatic carbocycles. The maximum atomic E-state index is 13.4. The van der Waals surface area contributed by atoms with Gasteiger partial charge < -0.3 is 30.2 Å². The van der Waals surface area contributed by atoms with Crippen molar-refractivity contribution >= 4 is 51.3 Å². The molecule has 1 unspecified atom stereocenters. The number of β-lactam (4-membered cyclic amide) rings is 1. The molecule has 2 aliphatic heterocycles. The van der Waals surface area contributed by atoms with E-state index in [0.717, 1.165) is 4.90 Å². The average molecular weight is 673 g/mol. The van der Waals surface area contributed by atoms with Crippen molar-refractivity contribution in [1.82, 2.24) is 10.2 Å². The summed E-state index contributed by atoms with van der Waals surface area (Å²) in [6, 6.07) is 10.4. The molecule has 0 bridgehead atoms. The number of fused-ring (bicyclic) bond motifs is 1. The van der Waals surface area contributed by atoms with Crippen LogP contribution in [0.5, 0.6) is 0 Å². The number of rotatable bonds is 12. The number of nitro groups is 2. The van der Waals surface area contributed by atoms with Gasteiger partial charge in [0, 0.05) is 37.2 Å². The number of hydrogen-bond donors (Lipinski definition) is 2. The number of ether oxygens (including phenoxy) is 3. The number of nitro benzene ring substituents is 2. The Bertz CT molecular complexity index is 1740. The predicted molar refractivity (Wildman–Crippen MR) is 155 cm³/mol. The monoisotopic (exact) mass is 672 g/mol. The number of nitrogens with zero attached hydrogens (tertiary/aromatic N) is 5. The molecule has 2 aliphatic rings. The second-order valence-electron chi connectivity index (χ2n) is 9.92. The van der Waals surface area contributed by atoms with Crippen LogP contribution in [0.3, 0.4) is 0 Å². The van der Waals surface area contributed by atoms with Crippen LogP contribution in [0.1, 0.15) is 24.5 Å². The lowest BCUT2D eigenvalue weighted by Gasteiger charge is -2.48. The summed E-state index contributed by atoms with van der Waals surface area (Å²) in [4.78, 5) is 73.9. The zero-order valence-electron chi connectivity index (χ0n) is 24.2. The summed E-state index contributed by atoms with van der Waals surface area (Å²) in [5, 5.41) is 31.9. The van der Waals surface area contributed by atoms with Gasteiger partial charge in [0.2, 0.25) is 5.91 Å². The van der Waals surface area contributed by atoms with Gasteiger partial charge in [0.25, 0.3) is 11.4 Å². The molecule has 2 amide bonds. The van der Waals surface area contributed by atoms with Crippen LogP contribution in [0.15, 0.2) is 59.8 Å². The number of hydrogen-bond acceptors (Lipinski definition) is 12. The van der Waals surface area contributed by atoms with Crippen molar-refractivity contribution in [1.29, 1.82) is 0 Å². The summed E-state index contributed by atoms with van der Waals surface area (Å²) in [6.07, 6.45) is -3.77. The summed E-state index contributed by atoms with van der Waals surface area (Å²) in [7, 11) is -2.30. The van der Waals surface area contributed by atoms with Gasteiger partial charge in [0.1, 0.15) is 36.3 Å². The number of amides is 2. The van der Waals surface area contributed by atoms with Crippen LogP contribution in [-0.2, 0) is 47.8 Å². The van der Waals surface area contributed by atoms with Gasteiger partial charge in [-0.25, -0.2) is 18.6 Å². The number of carboxylic acids is 1. The Morgan fingerprint density at radius 1 is 1.02 bits per heavy atom. The summed E-state index contributed by atoms with van der Waals surface area (Å²) >= 11 is 0. The minimum absolute atomic E-state index is 0.150. The van der Waals surface area contributed by atoms with E-state index in [4.69, 9.17) is 14.2 Å². The van der Waals surface area contributed by atoms with Crippen molar-refractivity contribution in [2.75, 3.05) is 6.54 Å². The average Bonchev–Trinajstić information content (AvgIpc) is 3.03. The number of aliphatic carboxylic acids is 1. The lowest BCUT2D eigenvalue weighted by Crippen LogP contribution is -2.69. The van der Waals surface area contributed by atoms with Crippen LogP contribution in [0, 0.1) is 26.1 Å². The van der Waals surface area contributed by atoms with Crippen molar-refractivity contribution in [3.63, 3.8) is 0 Å². The first-order chi connectivity index (χ1) is 22.3. The molecule has 4 atom stereocenters. The number of alkyl carbamates (subject to hydrolysis) is 1. The van der Waals surface area contributed by atoms with Crippen LogP contribution >= 0.6 is 0 Å². The number of nitrogens with one attached hydrogen (secondary N) is 1. The highest BCUT2D eigenvalue weighted by Gasteiger charge is 2.63. The first kappa shape index (κ1) is 33.9. The van der Waals surface area contributed by atoms with Gasteiger partial charge in [-0.05, 0) is 42.3 Å². The smallest absolute Gasteiger partial charge is 0.477 e. The number of carboxylic acid groups (broad SMARTS) is 1. The van der Waals surface area contributed by atoms with Crippen LogP contribution < -0.4 is 5.32 Å². The van der Waals surface area contributed by atoms with Gasteiger partial charge >= 0.3 is 23.3 Å². The lowest BCUT2D eigenvalue weighted by molar-refractivity contribution is -0.385. The predicted octanol–water partition coefficient (Wildman–Crippen LogP) is 2.38. The molecule has 2 aromatic rings. The van der Waals surface area contributed by atoms with E-state index in [2.05, 4.69) is 10.1 Å². The molecule has 2 heterocycles. The van der Waals surface area contributed by atoms with Crippen LogP contribution in [0.25, 0.3) is 5.53 Å². The molecule has 0 aromatic heterocycles. The lowest BCUT2D eigenvalue weighted by atomic mass is 9.90. The largest absolute Gasteiger partial charge is 0.508 e. The summed E-state index contributed by atoms with van der Waals surface area (Å²) in [5.74, 6) is -3.77. The molecule has 246 valence electrons. The Morgan fingerprint density at radius 3 is 2.04 bits per heavy atom. The Hall–Kier alpha value is -6.01. The van der Waals surface area contributed by atoms with Crippen molar-refractivity contribution in [2.24, 2.45) is 5.92 Å². The zero-order valence-corrected chi connectivity index (χ0v) is 25.0. The fraction of sp³-hybridized carbons (Fsp3) is 0.296. The van der Waals surface area contributed by atoms with E-state index >= 15 is 0 Å². The third-order valence-electron chi connectivity index (χ3n) is 7.03. The van der Waals surface area contributed by atoms with Gasteiger partial charge in [0.05, 0.1) is 15.4 Å². The van der Waals surface area contributed by atoms with Gasteiger partial charge in [-0.3, -0.25) is 29.9 Å². The molecule has 47 heavy (non-hydrogen) atoms. The Labute approximate surface area is 266 Å². The second-order valence-corrected chi connectivity index (χ2v) is 11.4. The zero-order chi connectivity index (χ0) is 34.4. The minimum atomic E-state index is -2.30. The maximum Gasteiger partial charge on any atom is 0.508 e. The highest BCUT2D eigenvalue weighted by atomic mass is 32.2. The van der Waals surface area contributed by atoms with Crippen molar-refractivity contribution in [3.8, 4) is 0 Å².